The minimum Gasteiger partial charge on any atom is -0.455 e. The van der Waals surface area contributed by atoms with E-state index in [9.17, 15) is 4.79 Å². The minimum absolute atomic E-state index is 0.105. The van der Waals surface area contributed by atoms with E-state index in [1.807, 2.05) is 37.0 Å². The van der Waals surface area contributed by atoms with Gasteiger partial charge in [0.25, 0.3) is 5.91 Å². The molecule has 6 heteroatoms. The highest BCUT2D eigenvalue weighted by Crippen LogP contribution is 2.13. The first-order valence-electron chi connectivity index (χ1n) is 6.46. The van der Waals surface area contributed by atoms with E-state index in [4.69, 9.17) is 4.42 Å². The van der Waals surface area contributed by atoms with E-state index in [2.05, 4.69) is 10.4 Å². The summed E-state index contributed by atoms with van der Waals surface area (Å²) in [6, 6.07) is 3.66. The first-order valence-corrected chi connectivity index (χ1v) is 7.86. The predicted molar refractivity (Wildman–Crippen MR) is 79.9 cm³/mol. The highest BCUT2D eigenvalue weighted by molar-refractivity contribution is 7.97. The molecule has 0 fully saturated rings. The van der Waals surface area contributed by atoms with Gasteiger partial charge in [-0.25, -0.2) is 0 Å². The summed E-state index contributed by atoms with van der Waals surface area (Å²) < 4.78 is 7.32. The largest absolute Gasteiger partial charge is 0.455 e. The van der Waals surface area contributed by atoms with Gasteiger partial charge in [-0.15, -0.1) is 0 Å². The van der Waals surface area contributed by atoms with Crippen LogP contribution in [0.1, 0.15) is 34.8 Å². The van der Waals surface area contributed by atoms with Gasteiger partial charge in [-0.1, -0.05) is 0 Å². The summed E-state index contributed by atoms with van der Waals surface area (Å²) in [6.07, 6.45) is 5.76. The Morgan fingerprint density at radius 3 is 3.00 bits per heavy atom. The number of nitrogens with one attached hydrogen (secondary N) is 1. The van der Waals surface area contributed by atoms with Crippen molar-refractivity contribution in [3.05, 3.63) is 41.6 Å². The fraction of sp³-hybridized carbons (Fsp3) is 0.429. The van der Waals surface area contributed by atoms with Gasteiger partial charge in [0.2, 0.25) is 0 Å². The van der Waals surface area contributed by atoms with E-state index in [0.717, 1.165) is 17.1 Å². The maximum atomic E-state index is 12.0. The molecule has 108 valence electrons. The van der Waals surface area contributed by atoms with Crippen molar-refractivity contribution < 1.29 is 9.21 Å². The van der Waals surface area contributed by atoms with Gasteiger partial charge < -0.3 is 9.73 Å². The van der Waals surface area contributed by atoms with E-state index in [-0.39, 0.29) is 11.9 Å². The highest BCUT2D eigenvalue weighted by Gasteiger charge is 2.13. The third kappa shape index (κ3) is 3.66. The van der Waals surface area contributed by atoms with Gasteiger partial charge >= 0.3 is 0 Å². The number of hydrogen-bond donors (Lipinski definition) is 1. The zero-order valence-corrected chi connectivity index (χ0v) is 12.7. The molecule has 2 heterocycles. The second-order valence-electron chi connectivity index (χ2n) is 4.76. The Balaban J connectivity index is 1.88. The molecule has 1 atom stereocenters. The number of carbonyl (C=O) groups is 1. The average molecular weight is 293 g/mol. The van der Waals surface area contributed by atoms with Crippen LogP contribution in [-0.2, 0) is 5.75 Å². The molecular formula is C14H19N3O2S. The molecule has 2 aromatic rings. The maximum Gasteiger partial charge on any atom is 0.287 e. The maximum absolute atomic E-state index is 12.0. The van der Waals surface area contributed by atoms with Gasteiger partial charge in [0.15, 0.2) is 5.76 Å². The molecule has 0 unspecified atom stereocenters. The van der Waals surface area contributed by atoms with Crippen LogP contribution in [-0.4, -0.2) is 28.5 Å². The molecule has 0 spiro atoms. The lowest BCUT2D eigenvalue weighted by atomic mass is 10.3. The van der Waals surface area contributed by atoms with Gasteiger partial charge in [0, 0.05) is 12.7 Å². The average Bonchev–Trinajstić information content (AvgIpc) is 3.05. The number of thioether (sulfide) groups is 1. The summed E-state index contributed by atoms with van der Waals surface area (Å²) in [7, 11) is 0. The van der Waals surface area contributed by atoms with Crippen LogP contribution in [0.2, 0.25) is 0 Å². The van der Waals surface area contributed by atoms with Crippen molar-refractivity contribution in [1.29, 1.82) is 0 Å². The topological polar surface area (TPSA) is 60.1 Å². The third-order valence-electron chi connectivity index (χ3n) is 2.91. The van der Waals surface area contributed by atoms with E-state index in [0.29, 0.717) is 12.3 Å². The van der Waals surface area contributed by atoms with Crippen molar-refractivity contribution >= 4 is 17.7 Å². The molecule has 0 aromatic carbocycles. The lowest BCUT2D eigenvalue weighted by molar-refractivity contribution is 0.0919. The number of aromatic nitrogens is 2. The van der Waals surface area contributed by atoms with Crippen LogP contribution in [0.5, 0.6) is 0 Å². The van der Waals surface area contributed by atoms with Gasteiger partial charge in [-0.05, 0) is 37.8 Å². The second kappa shape index (κ2) is 6.65. The summed E-state index contributed by atoms with van der Waals surface area (Å²) in [5, 5.41) is 7.10. The van der Waals surface area contributed by atoms with Crippen molar-refractivity contribution in [2.75, 3.05) is 12.8 Å². The third-order valence-corrected chi connectivity index (χ3v) is 3.49. The standard InChI is InChI=1S/C14H19N3O2S/c1-10-6-16-17(8-10)11(2)7-15-14(18)13-5-4-12(19-13)9-20-3/h4-6,8,11H,7,9H2,1-3H3,(H,15,18)/t11-/m0/s1. The van der Waals surface area contributed by atoms with Crippen molar-refractivity contribution in [3.8, 4) is 0 Å². The number of rotatable bonds is 6. The fourth-order valence-electron chi connectivity index (χ4n) is 1.81. The van der Waals surface area contributed by atoms with Gasteiger partial charge in [0.1, 0.15) is 5.76 Å². The molecule has 2 aromatic heterocycles. The molecule has 0 saturated heterocycles. The molecule has 2 rings (SSSR count). The minimum atomic E-state index is -0.187. The summed E-state index contributed by atoms with van der Waals surface area (Å²) >= 11 is 1.66. The van der Waals surface area contributed by atoms with Crippen LogP contribution >= 0.6 is 11.8 Å². The van der Waals surface area contributed by atoms with Gasteiger partial charge in [0.05, 0.1) is 18.0 Å². The zero-order chi connectivity index (χ0) is 14.5. The molecule has 0 aliphatic heterocycles. The molecule has 20 heavy (non-hydrogen) atoms. The van der Waals surface area contributed by atoms with Crippen LogP contribution in [0, 0.1) is 6.92 Å². The molecule has 5 nitrogen and oxygen atoms in total. The molecular weight excluding hydrogens is 274 g/mol. The van der Waals surface area contributed by atoms with Crippen LogP contribution in [0.3, 0.4) is 0 Å². The van der Waals surface area contributed by atoms with Crippen molar-refractivity contribution in [2.45, 2.75) is 25.6 Å². The Bertz CT molecular complexity index is 576. The summed E-state index contributed by atoms with van der Waals surface area (Å²) in [5.41, 5.74) is 1.11. The quantitative estimate of drug-likeness (QED) is 0.889. The van der Waals surface area contributed by atoms with Gasteiger partial charge in [-0.3, -0.25) is 9.48 Å². The van der Waals surface area contributed by atoms with Crippen LogP contribution in [0.25, 0.3) is 0 Å². The molecule has 0 aliphatic carbocycles. The number of hydrogen-bond acceptors (Lipinski definition) is 4. The number of carbonyl (C=O) groups excluding carboxylic acids is 1. The predicted octanol–water partition coefficient (Wildman–Crippen LogP) is 2.64. The lowest BCUT2D eigenvalue weighted by Gasteiger charge is -2.12. The van der Waals surface area contributed by atoms with Crippen LogP contribution in [0.15, 0.2) is 28.9 Å². The first-order chi connectivity index (χ1) is 9.60. The van der Waals surface area contributed by atoms with E-state index < -0.39 is 0 Å². The number of furan rings is 1. The summed E-state index contributed by atoms with van der Waals surface area (Å²) in [6.45, 7) is 4.51. The molecule has 1 amide bonds. The molecule has 0 radical (unpaired) electrons. The van der Waals surface area contributed by atoms with E-state index >= 15 is 0 Å². The Labute approximate surface area is 122 Å². The van der Waals surface area contributed by atoms with Gasteiger partial charge in [-0.2, -0.15) is 16.9 Å². The van der Waals surface area contributed by atoms with Crippen molar-refractivity contribution in [1.82, 2.24) is 15.1 Å². The zero-order valence-electron chi connectivity index (χ0n) is 11.9. The Morgan fingerprint density at radius 2 is 2.35 bits per heavy atom. The number of nitrogens with zero attached hydrogens (tertiary/aromatic N) is 2. The number of aryl methyl sites for hydroxylation is 1. The van der Waals surface area contributed by atoms with Crippen molar-refractivity contribution in [2.24, 2.45) is 0 Å². The van der Waals surface area contributed by atoms with Crippen molar-refractivity contribution in [3.63, 3.8) is 0 Å². The molecule has 0 aliphatic rings. The normalized spacial score (nSPS) is 12.3. The smallest absolute Gasteiger partial charge is 0.287 e. The fourth-order valence-corrected chi connectivity index (χ4v) is 2.25. The van der Waals surface area contributed by atoms with Crippen LogP contribution in [0.4, 0.5) is 0 Å². The molecule has 0 bridgehead atoms. The number of amides is 1. The molecule has 1 N–H and O–H groups in total. The van der Waals surface area contributed by atoms with E-state index in [1.165, 1.54) is 0 Å². The van der Waals surface area contributed by atoms with E-state index in [1.54, 1.807) is 24.0 Å². The van der Waals surface area contributed by atoms with Crippen LogP contribution < -0.4 is 5.32 Å². The Kier molecular flexibility index (Phi) is 4.89. The SMILES string of the molecule is CSCc1ccc(C(=O)NC[C@H](C)n2cc(C)cn2)o1. The molecule has 0 saturated carbocycles. The summed E-state index contributed by atoms with van der Waals surface area (Å²) in [4.78, 5) is 12.0. The monoisotopic (exact) mass is 293 g/mol. The second-order valence-corrected chi connectivity index (χ2v) is 5.62. The highest BCUT2D eigenvalue weighted by atomic mass is 32.2. The summed E-state index contributed by atoms with van der Waals surface area (Å²) in [5.74, 6) is 1.76. The lowest BCUT2D eigenvalue weighted by Crippen LogP contribution is -2.29. The Hall–Kier alpha value is -1.69. The Morgan fingerprint density at radius 1 is 1.55 bits per heavy atom. The first kappa shape index (κ1) is 14.7.